The fourth-order valence-electron chi connectivity index (χ4n) is 2.90. The van der Waals surface area contributed by atoms with Crippen LogP contribution in [0.5, 0.6) is 23.1 Å². The Morgan fingerprint density at radius 3 is 2.76 bits per heavy atom. The Morgan fingerprint density at radius 2 is 1.93 bits per heavy atom. The van der Waals surface area contributed by atoms with Gasteiger partial charge in [-0.15, -0.1) is 0 Å². The number of aromatic nitrogens is 4. The first-order valence-electron chi connectivity index (χ1n) is 8.83. The topological polar surface area (TPSA) is 87.8 Å². The zero-order valence-electron chi connectivity index (χ0n) is 15.9. The second-order valence-electron chi connectivity index (χ2n) is 6.18. The summed E-state index contributed by atoms with van der Waals surface area (Å²) in [5.41, 5.74) is 1.60. The summed E-state index contributed by atoms with van der Waals surface area (Å²) in [7, 11) is 3.10. The molecule has 4 heterocycles. The normalized spacial score (nSPS) is 10.7. The predicted molar refractivity (Wildman–Crippen MR) is 105 cm³/mol. The quantitative estimate of drug-likeness (QED) is 0.447. The van der Waals surface area contributed by atoms with Crippen molar-refractivity contribution in [1.29, 1.82) is 0 Å². The van der Waals surface area contributed by atoms with Gasteiger partial charge in [-0.1, -0.05) is 6.07 Å². The summed E-state index contributed by atoms with van der Waals surface area (Å²) in [6.45, 7) is 0. The average molecular weight is 390 g/mol. The van der Waals surface area contributed by atoms with E-state index in [1.165, 1.54) is 7.11 Å². The lowest BCUT2D eigenvalue weighted by molar-refractivity contribution is 0.0992. The molecule has 0 aliphatic carbocycles. The molecule has 0 fully saturated rings. The number of nitrogens with zero attached hydrogens (tertiary/aromatic N) is 4. The molecule has 0 aliphatic heterocycles. The van der Waals surface area contributed by atoms with Gasteiger partial charge in [-0.05, 0) is 12.1 Å². The first-order valence-corrected chi connectivity index (χ1v) is 8.83. The smallest absolute Gasteiger partial charge is 0.213 e. The second-order valence-corrected chi connectivity index (χ2v) is 6.18. The van der Waals surface area contributed by atoms with Crippen LogP contribution in [0.25, 0.3) is 5.65 Å². The molecule has 0 atom stereocenters. The molecule has 4 aromatic rings. The van der Waals surface area contributed by atoms with E-state index in [1.54, 1.807) is 72.8 Å². The third-order valence-electron chi connectivity index (χ3n) is 4.25. The number of rotatable bonds is 7. The van der Waals surface area contributed by atoms with Crippen LogP contribution in [0.2, 0.25) is 0 Å². The van der Waals surface area contributed by atoms with Gasteiger partial charge in [0.15, 0.2) is 5.78 Å². The lowest BCUT2D eigenvalue weighted by Gasteiger charge is -2.10. The van der Waals surface area contributed by atoms with E-state index in [-0.39, 0.29) is 12.2 Å². The number of pyridine rings is 3. The number of carbonyl (C=O) groups is 1. The van der Waals surface area contributed by atoms with E-state index in [1.807, 2.05) is 0 Å². The van der Waals surface area contributed by atoms with Crippen LogP contribution in [0.3, 0.4) is 0 Å². The van der Waals surface area contributed by atoms with E-state index >= 15 is 0 Å². The number of Topliss-reactive ketones (excluding diaryl/α,β-unsaturated/α-hetero) is 1. The van der Waals surface area contributed by atoms with Crippen molar-refractivity contribution in [2.45, 2.75) is 6.42 Å². The minimum absolute atomic E-state index is 0.115. The Hall–Kier alpha value is -3.94. The highest BCUT2D eigenvalue weighted by Gasteiger charge is 2.16. The van der Waals surface area contributed by atoms with Crippen LogP contribution in [0, 0.1) is 0 Å². The summed E-state index contributed by atoms with van der Waals surface area (Å²) in [5.74, 6) is 1.89. The third-order valence-corrected chi connectivity index (χ3v) is 4.25. The summed E-state index contributed by atoms with van der Waals surface area (Å²) in [5, 5.41) is 0. The van der Waals surface area contributed by atoms with Gasteiger partial charge in [-0.2, -0.15) is 0 Å². The Kier molecular flexibility index (Phi) is 5.07. The molecule has 0 aliphatic rings. The van der Waals surface area contributed by atoms with Crippen LogP contribution >= 0.6 is 0 Å². The number of ether oxygens (including phenoxy) is 3. The van der Waals surface area contributed by atoms with Gasteiger partial charge in [0.2, 0.25) is 5.88 Å². The van der Waals surface area contributed by atoms with Gasteiger partial charge in [-0.25, -0.2) is 9.97 Å². The molecule has 146 valence electrons. The maximum atomic E-state index is 13.0. The van der Waals surface area contributed by atoms with Gasteiger partial charge < -0.3 is 18.6 Å². The second kappa shape index (κ2) is 7.97. The average Bonchev–Trinajstić information content (AvgIpc) is 3.22. The van der Waals surface area contributed by atoms with E-state index in [2.05, 4.69) is 15.0 Å². The number of carbonyl (C=O) groups excluding carboxylic acids is 1. The zero-order valence-corrected chi connectivity index (χ0v) is 15.9. The third kappa shape index (κ3) is 4.01. The van der Waals surface area contributed by atoms with Crippen molar-refractivity contribution in [3.8, 4) is 23.1 Å². The summed E-state index contributed by atoms with van der Waals surface area (Å²) in [4.78, 5) is 25.7. The summed E-state index contributed by atoms with van der Waals surface area (Å²) in [6, 6.07) is 8.70. The molecule has 8 nitrogen and oxygen atoms in total. The van der Waals surface area contributed by atoms with Crippen molar-refractivity contribution in [2.24, 2.45) is 0 Å². The maximum Gasteiger partial charge on any atom is 0.213 e. The van der Waals surface area contributed by atoms with Crippen molar-refractivity contribution in [2.75, 3.05) is 14.2 Å². The molecule has 0 aromatic carbocycles. The number of hydrogen-bond acceptors (Lipinski definition) is 7. The summed E-state index contributed by atoms with van der Waals surface area (Å²) >= 11 is 0. The van der Waals surface area contributed by atoms with E-state index < -0.39 is 0 Å². The van der Waals surface area contributed by atoms with Crippen molar-refractivity contribution in [1.82, 2.24) is 19.4 Å². The number of imidazole rings is 1. The molecular formula is C21H18N4O4. The number of hydrogen-bond donors (Lipinski definition) is 0. The van der Waals surface area contributed by atoms with Crippen LogP contribution in [-0.2, 0) is 6.42 Å². The van der Waals surface area contributed by atoms with Crippen molar-refractivity contribution in [3.05, 3.63) is 72.6 Å². The van der Waals surface area contributed by atoms with Crippen LogP contribution in [0.1, 0.15) is 16.1 Å². The molecule has 0 N–H and O–H groups in total. The maximum absolute atomic E-state index is 13.0. The van der Waals surface area contributed by atoms with Gasteiger partial charge in [0.1, 0.15) is 22.9 Å². The Labute approximate surface area is 166 Å². The number of methoxy groups -OCH3 is 2. The van der Waals surface area contributed by atoms with Crippen LogP contribution in [0.15, 0.2) is 61.3 Å². The zero-order chi connectivity index (χ0) is 20.2. The van der Waals surface area contributed by atoms with E-state index in [9.17, 15) is 4.79 Å². The summed E-state index contributed by atoms with van der Waals surface area (Å²) < 4.78 is 17.9. The molecule has 0 radical (unpaired) electrons. The minimum atomic E-state index is -0.129. The molecule has 0 amide bonds. The molecule has 0 saturated heterocycles. The fraction of sp³-hybridized carbons (Fsp3) is 0.143. The van der Waals surface area contributed by atoms with Gasteiger partial charge in [0.05, 0.1) is 50.5 Å². The lowest BCUT2D eigenvalue weighted by atomic mass is 10.1. The van der Waals surface area contributed by atoms with Gasteiger partial charge in [-0.3, -0.25) is 9.78 Å². The highest BCUT2D eigenvalue weighted by molar-refractivity contribution is 6.02. The van der Waals surface area contributed by atoms with Crippen molar-refractivity contribution in [3.63, 3.8) is 0 Å². The molecule has 0 spiro atoms. The van der Waals surface area contributed by atoms with E-state index in [4.69, 9.17) is 14.2 Å². The van der Waals surface area contributed by atoms with Crippen LogP contribution in [-0.4, -0.2) is 39.4 Å². The minimum Gasteiger partial charge on any atom is -0.495 e. The molecule has 4 aromatic heterocycles. The fourth-order valence-corrected chi connectivity index (χ4v) is 2.90. The van der Waals surface area contributed by atoms with E-state index in [0.717, 1.165) is 0 Å². The lowest BCUT2D eigenvalue weighted by Crippen LogP contribution is -2.08. The van der Waals surface area contributed by atoms with Crippen molar-refractivity contribution >= 4 is 11.4 Å². The van der Waals surface area contributed by atoms with Crippen LogP contribution in [0.4, 0.5) is 0 Å². The van der Waals surface area contributed by atoms with Gasteiger partial charge in [0, 0.05) is 24.5 Å². The highest BCUT2D eigenvalue weighted by Crippen LogP contribution is 2.26. The summed E-state index contributed by atoms with van der Waals surface area (Å²) in [6.07, 6.45) is 8.41. The van der Waals surface area contributed by atoms with Crippen molar-refractivity contribution < 1.29 is 19.0 Å². The van der Waals surface area contributed by atoms with E-state index in [0.29, 0.717) is 40.0 Å². The Balaban J connectivity index is 1.66. The standard InChI is InChI=1S/C21H18N4O4/c1-27-15-9-16(12-22-11-15)29-17-10-18(21-23-6-7-25(21)13-17)19(26)8-14-4-3-5-20(24-14)28-2/h3-7,9-13H,8H2,1-2H3. The van der Waals surface area contributed by atoms with Gasteiger partial charge in [0.25, 0.3) is 0 Å². The first-order chi connectivity index (χ1) is 14.2. The van der Waals surface area contributed by atoms with Gasteiger partial charge >= 0.3 is 0 Å². The highest BCUT2D eigenvalue weighted by atomic mass is 16.5. The molecule has 8 heteroatoms. The first kappa shape index (κ1) is 18.4. The van der Waals surface area contributed by atoms with Crippen LogP contribution < -0.4 is 14.2 Å². The molecule has 29 heavy (non-hydrogen) atoms. The predicted octanol–water partition coefficient (Wildman–Crippen LogP) is 3.36. The molecule has 0 unspecified atom stereocenters. The SMILES string of the molecule is COc1cncc(Oc2cc(C(=O)Cc3cccc(OC)n3)c3nccn3c2)c1. The monoisotopic (exact) mass is 390 g/mol. The largest absolute Gasteiger partial charge is 0.495 e. The Morgan fingerprint density at radius 1 is 1.07 bits per heavy atom. The Bertz CT molecular complexity index is 1170. The number of ketones is 1. The molecule has 0 bridgehead atoms. The number of fused-ring (bicyclic) bond motifs is 1. The molecular weight excluding hydrogens is 372 g/mol. The molecule has 4 rings (SSSR count). The molecule has 0 saturated carbocycles.